The molecule has 0 radical (unpaired) electrons. The summed E-state index contributed by atoms with van der Waals surface area (Å²) in [5, 5.41) is 8.14. The Bertz CT molecular complexity index is 1100. The quantitative estimate of drug-likeness (QED) is 0.629. The lowest BCUT2D eigenvalue weighted by atomic mass is 10.1. The van der Waals surface area contributed by atoms with E-state index in [1.165, 1.54) is 6.20 Å². The maximum absolute atomic E-state index is 12.8. The van der Waals surface area contributed by atoms with Gasteiger partial charge in [0, 0.05) is 26.0 Å². The number of hydrogen-bond donors (Lipinski definition) is 1. The molecule has 0 fully saturated rings. The van der Waals surface area contributed by atoms with Crippen molar-refractivity contribution in [2.24, 2.45) is 7.05 Å². The molecule has 1 aromatic carbocycles. The Morgan fingerprint density at radius 2 is 1.87 bits per heavy atom. The number of pyridine rings is 1. The standard InChI is InChI=1S/C22H27N5O3/c1-7-30-22(29)16-11-23-21-18(15(4)25-27(21)6)20(16)26(5)12-17(28)24-19-13(2)9-8-10-14(19)3/h8-11H,7,12H2,1-6H3,(H,24,28). The van der Waals surface area contributed by atoms with E-state index in [-0.39, 0.29) is 19.1 Å². The first kappa shape index (κ1) is 21.3. The van der Waals surface area contributed by atoms with E-state index in [1.54, 1.807) is 30.6 Å². The molecule has 0 bridgehead atoms. The molecule has 1 N–H and O–H groups in total. The van der Waals surface area contributed by atoms with Crippen molar-refractivity contribution in [2.45, 2.75) is 27.7 Å². The molecule has 158 valence electrons. The fraction of sp³-hybridized carbons (Fsp3) is 0.364. The number of esters is 1. The summed E-state index contributed by atoms with van der Waals surface area (Å²) in [5.74, 6) is -0.664. The van der Waals surface area contributed by atoms with E-state index in [4.69, 9.17) is 4.74 Å². The van der Waals surface area contributed by atoms with E-state index in [1.807, 2.05) is 39.0 Å². The van der Waals surface area contributed by atoms with Crippen LogP contribution in [0.15, 0.2) is 24.4 Å². The molecule has 0 aliphatic heterocycles. The SMILES string of the molecule is CCOC(=O)c1cnc2c(c(C)nn2C)c1N(C)CC(=O)Nc1c(C)cccc1C. The summed E-state index contributed by atoms with van der Waals surface area (Å²) in [4.78, 5) is 31.5. The number of fused-ring (bicyclic) bond motifs is 1. The minimum Gasteiger partial charge on any atom is -0.462 e. The average Bonchev–Trinajstić information content (AvgIpc) is 2.98. The maximum Gasteiger partial charge on any atom is 0.341 e. The van der Waals surface area contributed by atoms with Crippen LogP contribution in [0.1, 0.15) is 34.1 Å². The number of carbonyl (C=O) groups excluding carboxylic acids is 2. The van der Waals surface area contributed by atoms with Crippen molar-refractivity contribution in [2.75, 3.05) is 30.4 Å². The molecule has 0 saturated carbocycles. The van der Waals surface area contributed by atoms with Crippen LogP contribution in [0.4, 0.5) is 11.4 Å². The lowest BCUT2D eigenvalue weighted by molar-refractivity contribution is -0.114. The molecule has 0 aliphatic carbocycles. The Labute approximate surface area is 175 Å². The Kier molecular flexibility index (Phi) is 6.05. The van der Waals surface area contributed by atoms with Crippen LogP contribution in [0.25, 0.3) is 11.0 Å². The molecule has 0 spiro atoms. The molecule has 1 amide bonds. The second-order valence-electron chi connectivity index (χ2n) is 7.32. The van der Waals surface area contributed by atoms with Crippen molar-refractivity contribution >= 4 is 34.3 Å². The van der Waals surface area contributed by atoms with Gasteiger partial charge in [-0.2, -0.15) is 5.10 Å². The third kappa shape index (κ3) is 3.98. The number of anilines is 2. The molecular weight excluding hydrogens is 382 g/mol. The number of nitrogens with zero attached hydrogens (tertiary/aromatic N) is 4. The van der Waals surface area contributed by atoms with Gasteiger partial charge in [0.15, 0.2) is 5.65 Å². The van der Waals surface area contributed by atoms with E-state index in [0.29, 0.717) is 16.9 Å². The molecule has 3 aromatic rings. The molecule has 0 saturated heterocycles. The van der Waals surface area contributed by atoms with Crippen LogP contribution in [0.5, 0.6) is 0 Å². The Hall–Kier alpha value is -3.42. The van der Waals surface area contributed by atoms with Gasteiger partial charge >= 0.3 is 5.97 Å². The molecule has 8 nitrogen and oxygen atoms in total. The number of likely N-dealkylation sites (N-methyl/N-ethyl adjacent to an activating group) is 1. The van der Waals surface area contributed by atoms with Crippen LogP contribution in [0.3, 0.4) is 0 Å². The zero-order chi connectivity index (χ0) is 22.0. The highest BCUT2D eigenvalue weighted by Gasteiger charge is 2.24. The number of ether oxygens (including phenoxy) is 1. The number of hydrogen-bond acceptors (Lipinski definition) is 6. The van der Waals surface area contributed by atoms with E-state index in [0.717, 1.165) is 27.9 Å². The first-order chi connectivity index (χ1) is 14.2. The first-order valence-corrected chi connectivity index (χ1v) is 9.81. The zero-order valence-electron chi connectivity index (χ0n) is 18.2. The van der Waals surface area contributed by atoms with Gasteiger partial charge in [-0.15, -0.1) is 0 Å². The Morgan fingerprint density at radius 1 is 1.20 bits per heavy atom. The van der Waals surface area contributed by atoms with Gasteiger partial charge in [-0.1, -0.05) is 18.2 Å². The highest BCUT2D eigenvalue weighted by Crippen LogP contribution is 2.32. The lowest BCUT2D eigenvalue weighted by Gasteiger charge is -2.23. The van der Waals surface area contributed by atoms with Crippen LogP contribution in [0.2, 0.25) is 0 Å². The smallest absolute Gasteiger partial charge is 0.341 e. The molecule has 0 unspecified atom stereocenters. The normalized spacial score (nSPS) is 10.9. The topological polar surface area (TPSA) is 89.3 Å². The van der Waals surface area contributed by atoms with Crippen LogP contribution < -0.4 is 10.2 Å². The molecular formula is C22H27N5O3. The number of amides is 1. The highest BCUT2D eigenvalue weighted by molar-refractivity contribution is 6.07. The van der Waals surface area contributed by atoms with Gasteiger partial charge in [0.25, 0.3) is 0 Å². The lowest BCUT2D eigenvalue weighted by Crippen LogP contribution is -2.32. The third-order valence-electron chi connectivity index (χ3n) is 5.00. The first-order valence-electron chi connectivity index (χ1n) is 9.81. The second-order valence-corrected chi connectivity index (χ2v) is 7.32. The molecule has 30 heavy (non-hydrogen) atoms. The predicted octanol–water partition coefficient (Wildman–Crippen LogP) is 3.15. The number of aromatic nitrogens is 3. The number of para-hydroxylation sites is 1. The van der Waals surface area contributed by atoms with Crippen molar-refractivity contribution in [3.63, 3.8) is 0 Å². The number of nitrogens with one attached hydrogen (secondary N) is 1. The summed E-state index contributed by atoms with van der Waals surface area (Å²) >= 11 is 0. The summed E-state index contributed by atoms with van der Waals surface area (Å²) in [6.45, 7) is 7.81. The minimum absolute atomic E-state index is 0.0492. The molecule has 8 heteroatoms. The van der Waals surface area contributed by atoms with E-state index in [2.05, 4.69) is 15.4 Å². The monoisotopic (exact) mass is 409 g/mol. The number of rotatable bonds is 6. The van der Waals surface area contributed by atoms with Crippen LogP contribution in [0, 0.1) is 20.8 Å². The second kappa shape index (κ2) is 8.52. The van der Waals surface area contributed by atoms with Crippen molar-refractivity contribution in [3.05, 3.63) is 46.8 Å². The minimum atomic E-state index is -0.479. The van der Waals surface area contributed by atoms with Gasteiger partial charge < -0.3 is 15.0 Å². The van der Waals surface area contributed by atoms with Crippen molar-refractivity contribution < 1.29 is 14.3 Å². The van der Waals surface area contributed by atoms with E-state index in [9.17, 15) is 9.59 Å². The maximum atomic E-state index is 12.8. The van der Waals surface area contributed by atoms with Crippen molar-refractivity contribution in [1.82, 2.24) is 14.8 Å². The largest absolute Gasteiger partial charge is 0.462 e. The predicted molar refractivity (Wildman–Crippen MR) is 117 cm³/mol. The number of aryl methyl sites for hydroxylation is 4. The molecule has 2 aromatic heterocycles. The molecule has 2 heterocycles. The van der Waals surface area contributed by atoms with Gasteiger partial charge in [-0.05, 0) is 38.8 Å². The molecule has 3 rings (SSSR count). The Morgan fingerprint density at radius 3 is 2.50 bits per heavy atom. The summed E-state index contributed by atoms with van der Waals surface area (Å²) in [7, 11) is 3.57. The number of benzene rings is 1. The van der Waals surface area contributed by atoms with Gasteiger partial charge in [-0.3, -0.25) is 9.48 Å². The molecule has 0 aliphatic rings. The highest BCUT2D eigenvalue weighted by atomic mass is 16.5. The summed E-state index contributed by atoms with van der Waals surface area (Å²) in [6.07, 6.45) is 1.48. The van der Waals surface area contributed by atoms with Gasteiger partial charge in [0.05, 0.1) is 29.9 Å². The fourth-order valence-electron chi connectivity index (χ4n) is 3.63. The number of carbonyl (C=O) groups is 2. The van der Waals surface area contributed by atoms with Crippen LogP contribution in [-0.4, -0.2) is 46.8 Å². The summed E-state index contributed by atoms with van der Waals surface area (Å²) in [6, 6.07) is 5.87. The average molecular weight is 409 g/mol. The fourth-order valence-corrected chi connectivity index (χ4v) is 3.63. The van der Waals surface area contributed by atoms with Gasteiger partial charge in [0.2, 0.25) is 5.91 Å². The van der Waals surface area contributed by atoms with Gasteiger partial charge in [-0.25, -0.2) is 9.78 Å². The van der Waals surface area contributed by atoms with Crippen LogP contribution in [-0.2, 0) is 16.6 Å². The van der Waals surface area contributed by atoms with E-state index < -0.39 is 5.97 Å². The Balaban J connectivity index is 1.98. The zero-order valence-corrected chi connectivity index (χ0v) is 18.2. The van der Waals surface area contributed by atoms with Crippen molar-refractivity contribution in [3.8, 4) is 0 Å². The van der Waals surface area contributed by atoms with E-state index >= 15 is 0 Å². The van der Waals surface area contributed by atoms with Crippen molar-refractivity contribution in [1.29, 1.82) is 0 Å². The third-order valence-corrected chi connectivity index (χ3v) is 5.00. The van der Waals surface area contributed by atoms with Gasteiger partial charge in [0.1, 0.15) is 5.56 Å². The molecule has 0 atom stereocenters. The summed E-state index contributed by atoms with van der Waals surface area (Å²) < 4.78 is 6.87. The summed E-state index contributed by atoms with van der Waals surface area (Å²) in [5.41, 5.74) is 5.04. The van der Waals surface area contributed by atoms with Crippen LogP contribution >= 0.6 is 0 Å².